The average Bonchev–Trinajstić information content (AvgIpc) is 3.07. The second-order valence-electron chi connectivity index (χ2n) is 15.7. The minimum Gasteiger partial charge on any atom is -0.461 e. The van der Waals surface area contributed by atoms with Crippen molar-refractivity contribution in [2.45, 2.75) is 141 Å². The van der Waals surface area contributed by atoms with Gasteiger partial charge in [-0.2, -0.15) is 0 Å². The van der Waals surface area contributed by atoms with Gasteiger partial charge in [0.05, 0.1) is 48.8 Å². The molecule has 1 aromatic rings. The van der Waals surface area contributed by atoms with Crippen LogP contribution in [0.2, 0.25) is 0 Å². The number of hydrogen-bond donors (Lipinski definition) is 4. The standard InChI is InChI=1S/C38H58O8/c1-37(25-7-15-29(39)16-8-25,26-9-17-30(40)18-10-26)23-45-35(43)33-5-3-4-6-34(33)36(44)46-24-38(2,27-11-19-31(41)20-12-27)28-13-21-32(42)22-14-28/h3-6,25-32,39-42H,7-24H2,1-2H3. The van der Waals surface area contributed by atoms with Crippen LogP contribution in [0.15, 0.2) is 24.3 Å². The molecule has 0 radical (unpaired) electrons. The molecule has 0 heterocycles. The van der Waals surface area contributed by atoms with Crippen LogP contribution in [-0.4, -0.2) is 70.0 Å². The SMILES string of the molecule is CC(COC(=O)c1ccccc1C(=O)OCC(C)(C1CCC(O)CC1)C1CCC(O)CC1)(C1CCC(O)CC1)C1CCC(O)CC1. The maximum Gasteiger partial charge on any atom is 0.339 e. The van der Waals surface area contributed by atoms with Crippen molar-refractivity contribution >= 4 is 11.9 Å². The van der Waals surface area contributed by atoms with Gasteiger partial charge in [-0.1, -0.05) is 26.0 Å². The van der Waals surface area contributed by atoms with Crippen LogP contribution in [0.5, 0.6) is 0 Å². The molecule has 0 saturated heterocycles. The van der Waals surface area contributed by atoms with Crippen LogP contribution >= 0.6 is 0 Å². The molecule has 8 heteroatoms. The van der Waals surface area contributed by atoms with Gasteiger partial charge in [-0.15, -0.1) is 0 Å². The number of aliphatic hydroxyl groups excluding tert-OH is 4. The number of carbonyl (C=O) groups is 2. The maximum atomic E-state index is 13.7. The summed E-state index contributed by atoms with van der Waals surface area (Å²) in [6.07, 6.45) is 12.0. The molecule has 0 atom stereocenters. The third-order valence-corrected chi connectivity index (χ3v) is 12.9. The number of hydrogen-bond acceptors (Lipinski definition) is 8. The molecular formula is C38H58O8. The zero-order chi connectivity index (χ0) is 32.9. The zero-order valence-corrected chi connectivity index (χ0v) is 28.1. The van der Waals surface area contributed by atoms with Crippen molar-refractivity contribution < 1.29 is 39.5 Å². The highest BCUT2D eigenvalue weighted by Gasteiger charge is 2.46. The molecule has 1 aromatic carbocycles. The normalized spacial score (nSPS) is 34.9. The second kappa shape index (κ2) is 15.5. The summed E-state index contributed by atoms with van der Waals surface area (Å²) < 4.78 is 12.2. The topological polar surface area (TPSA) is 134 Å². The van der Waals surface area contributed by atoms with E-state index >= 15 is 0 Å². The lowest BCUT2D eigenvalue weighted by atomic mass is 9.60. The van der Waals surface area contributed by atoms with E-state index in [1.54, 1.807) is 24.3 Å². The number of benzene rings is 1. The number of carbonyl (C=O) groups excluding carboxylic acids is 2. The Hall–Kier alpha value is -2.00. The number of aliphatic hydroxyl groups is 4. The van der Waals surface area contributed by atoms with Crippen molar-refractivity contribution in [3.05, 3.63) is 35.4 Å². The van der Waals surface area contributed by atoms with Gasteiger partial charge < -0.3 is 29.9 Å². The Morgan fingerprint density at radius 1 is 0.522 bits per heavy atom. The fourth-order valence-corrected chi connectivity index (χ4v) is 9.52. The van der Waals surface area contributed by atoms with Crippen molar-refractivity contribution in [1.82, 2.24) is 0 Å². The van der Waals surface area contributed by atoms with Crippen LogP contribution in [-0.2, 0) is 9.47 Å². The molecule has 8 nitrogen and oxygen atoms in total. The van der Waals surface area contributed by atoms with E-state index in [-0.39, 0.29) is 59.6 Å². The summed E-state index contributed by atoms with van der Waals surface area (Å²) in [5, 5.41) is 40.7. The molecule has 0 amide bonds. The van der Waals surface area contributed by atoms with E-state index in [4.69, 9.17) is 9.47 Å². The first-order valence-corrected chi connectivity index (χ1v) is 18.1. The Morgan fingerprint density at radius 3 is 1.00 bits per heavy atom. The van der Waals surface area contributed by atoms with E-state index in [1.165, 1.54) is 0 Å². The zero-order valence-electron chi connectivity index (χ0n) is 28.1. The molecular weight excluding hydrogens is 584 g/mol. The summed E-state index contributed by atoms with van der Waals surface area (Å²) >= 11 is 0. The fraction of sp³-hybridized carbons (Fsp3) is 0.789. The number of rotatable bonds is 10. The van der Waals surface area contributed by atoms with Gasteiger partial charge in [0.25, 0.3) is 0 Å². The number of esters is 2. The Balaban J connectivity index is 1.28. The van der Waals surface area contributed by atoms with Gasteiger partial charge in [-0.25, -0.2) is 9.59 Å². The highest BCUT2D eigenvalue weighted by atomic mass is 16.5. The monoisotopic (exact) mass is 642 g/mol. The van der Waals surface area contributed by atoms with Crippen molar-refractivity contribution in [2.24, 2.45) is 34.5 Å². The second-order valence-corrected chi connectivity index (χ2v) is 15.7. The molecule has 4 fully saturated rings. The van der Waals surface area contributed by atoms with Crippen LogP contribution in [0.25, 0.3) is 0 Å². The summed E-state index contributed by atoms with van der Waals surface area (Å²) in [5.74, 6) is 0.172. The highest BCUT2D eigenvalue weighted by Crippen LogP contribution is 2.50. The first-order valence-electron chi connectivity index (χ1n) is 18.1. The first kappa shape index (κ1) is 35.3. The molecule has 0 unspecified atom stereocenters. The van der Waals surface area contributed by atoms with Gasteiger partial charge in [-0.3, -0.25) is 0 Å². The summed E-state index contributed by atoms with van der Waals surface area (Å²) in [7, 11) is 0. The van der Waals surface area contributed by atoms with E-state index in [9.17, 15) is 30.0 Å². The van der Waals surface area contributed by atoms with Crippen LogP contribution in [0.3, 0.4) is 0 Å². The summed E-state index contributed by atoms with van der Waals surface area (Å²) in [6, 6.07) is 6.74. The largest absolute Gasteiger partial charge is 0.461 e. The van der Waals surface area contributed by atoms with E-state index in [0.717, 1.165) is 103 Å². The fourth-order valence-electron chi connectivity index (χ4n) is 9.52. The number of ether oxygens (including phenoxy) is 2. The van der Waals surface area contributed by atoms with E-state index in [0.29, 0.717) is 23.7 Å². The third kappa shape index (κ3) is 8.16. The molecule has 258 valence electrons. The minimum absolute atomic E-state index is 0.205. The summed E-state index contributed by atoms with van der Waals surface area (Å²) in [5.41, 5.74) is -0.157. The predicted octanol–water partition coefficient (Wildman–Crippen LogP) is 6.22. The van der Waals surface area contributed by atoms with Gasteiger partial charge in [0.15, 0.2) is 0 Å². The van der Waals surface area contributed by atoms with Crippen molar-refractivity contribution in [3.63, 3.8) is 0 Å². The van der Waals surface area contributed by atoms with Crippen LogP contribution in [0.4, 0.5) is 0 Å². The molecule has 4 aliphatic rings. The van der Waals surface area contributed by atoms with E-state index < -0.39 is 11.9 Å². The summed E-state index contributed by atoms with van der Waals surface area (Å²) in [4.78, 5) is 27.4. The third-order valence-electron chi connectivity index (χ3n) is 12.9. The lowest BCUT2D eigenvalue weighted by Crippen LogP contribution is -2.44. The van der Waals surface area contributed by atoms with Gasteiger partial charge in [0.2, 0.25) is 0 Å². The van der Waals surface area contributed by atoms with Crippen molar-refractivity contribution in [1.29, 1.82) is 0 Å². The predicted molar refractivity (Wildman–Crippen MR) is 175 cm³/mol. The molecule has 5 rings (SSSR count). The quantitative estimate of drug-likeness (QED) is 0.221. The average molecular weight is 643 g/mol. The molecule has 0 aromatic heterocycles. The van der Waals surface area contributed by atoms with Crippen LogP contribution in [0.1, 0.15) is 137 Å². The van der Waals surface area contributed by atoms with Gasteiger partial charge in [-0.05, 0) is 139 Å². The molecule has 0 spiro atoms. The summed E-state index contributed by atoms with van der Waals surface area (Å²) in [6.45, 7) is 4.88. The Morgan fingerprint density at radius 2 is 0.761 bits per heavy atom. The molecule has 4 saturated carbocycles. The van der Waals surface area contributed by atoms with E-state index in [2.05, 4.69) is 13.8 Å². The molecule has 4 N–H and O–H groups in total. The Labute approximate surface area is 275 Å². The molecule has 0 bridgehead atoms. The van der Waals surface area contributed by atoms with Crippen molar-refractivity contribution in [3.8, 4) is 0 Å². The van der Waals surface area contributed by atoms with Gasteiger partial charge >= 0.3 is 11.9 Å². The van der Waals surface area contributed by atoms with Gasteiger partial charge in [0, 0.05) is 10.8 Å². The highest BCUT2D eigenvalue weighted by molar-refractivity contribution is 6.03. The lowest BCUT2D eigenvalue weighted by Gasteiger charge is -2.47. The maximum absolute atomic E-state index is 13.7. The Bertz CT molecular complexity index is 1000. The lowest BCUT2D eigenvalue weighted by molar-refractivity contribution is -0.0529. The Kier molecular flexibility index (Phi) is 11.9. The molecule has 46 heavy (non-hydrogen) atoms. The minimum atomic E-state index is -0.532. The van der Waals surface area contributed by atoms with Crippen LogP contribution in [0, 0.1) is 34.5 Å². The smallest absolute Gasteiger partial charge is 0.339 e. The molecule has 4 aliphatic carbocycles. The van der Waals surface area contributed by atoms with Gasteiger partial charge in [0.1, 0.15) is 0 Å². The van der Waals surface area contributed by atoms with Crippen molar-refractivity contribution in [2.75, 3.05) is 13.2 Å². The van der Waals surface area contributed by atoms with Crippen LogP contribution < -0.4 is 0 Å². The molecule has 0 aliphatic heterocycles. The van der Waals surface area contributed by atoms with E-state index in [1.807, 2.05) is 0 Å². The first-order chi connectivity index (χ1) is 22.0.